The maximum absolute atomic E-state index is 11.6. The Hall–Kier alpha value is -0.790. The van der Waals surface area contributed by atoms with Gasteiger partial charge in [0.1, 0.15) is 0 Å². The highest BCUT2D eigenvalue weighted by molar-refractivity contribution is 5.13. The van der Waals surface area contributed by atoms with Gasteiger partial charge in [-0.25, -0.2) is 0 Å². The zero-order valence-electron chi connectivity index (χ0n) is 4.60. The second kappa shape index (κ2) is 2.45. The summed E-state index contributed by atoms with van der Waals surface area (Å²) in [5.74, 6) is -3.05. The molecule has 0 unspecified atom stereocenters. The summed E-state index contributed by atoms with van der Waals surface area (Å²) in [6, 6.07) is 0. The summed E-state index contributed by atoms with van der Waals surface area (Å²) < 4.78 is 56.6. The Labute approximate surface area is 54.0 Å². The van der Waals surface area contributed by atoms with Gasteiger partial charge >= 0.3 is 12.1 Å². The molecule has 10 heavy (non-hydrogen) atoms. The maximum Gasteiger partial charge on any atom is 0.466 e. The summed E-state index contributed by atoms with van der Waals surface area (Å²) in [6.07, 6.45) is -5.60. The van der Waals surface area contributed by atoms with E-state index in [-0.39, 0.29) is 0 Å². The lowest BCUT2D eigenvalue weighted by atomic mass is 10.3. The Balaban J connectivity index is 4.51. The van der Waals surface area contributed by atoms with Gasteiger partial charge in [0.05, 0.1) is 0 Å². The van der Waals surface area contributed by atoms with Crippen molar-refractivity contribution in [2.45, 2.75) is 12.1 Å². The quantitative estimate of drug-likeness (QED) is 0.372. The number of rotatable bonds is 0. The summed E-state index contributed by atoms with van der Waals surface area (Å²) in [6.45, 7) is 2.54. The fraction of sp³-hybridized carbons (Fsp3) is 0.400. The zero-order valence-corrected chi connectivity index (χ0v) is 4.60. The average Bonchev–Trinajstić information content (AvgIpc) is 1.61. The van der Waals surface area contributed by atoms with Crippen molar-refractivity contribution in [2.24, 2.45) is 0 Å². The Bertz CT molecular complexity index is 167. The van der Waals surface area contributed by atoms with Gasteiger partial charge in [-0.05, 0) is 5.92 Å². The van der Waals surface area contributed by atoms with Crippen molar-refractivity contribution < 1.29 is 22.0 Å². The van der Waals surface area contributed by atoms with Crippen molar-refractivity contribution in [3.05, 3.63) is 6.92 Å². The first-order chi connectivity index (χ1) is 4.31. The van der Waals surface area contributed by atoms with Crippen LogP contribution in [0.2, 0.25) is 0 Å². The van der Waals surface area contributed by atoms with Gasteiger partial charge in [0, 0.05) is 6.92 Å². The van der Waals surface area contributed by atoms with Crippen LogP contribution in [0.1, 0.15) is 0 Å². The molecule has 0 N–H and O–H groups in total. The molecule has 0 aliphatic carbocycles. The van der Waals surface area contributed by atoms with E-state index in [0.29, 0.717) is 5.92 Å². The lowest BCUT2D eigenvalue weighted by Gasteiger charge is -2.12. The van der Waals surface area contributed by atoms with E-state index >= 15 is 0 Å². The van der Waals surface area contributed by atoms with Crippen LogP contribution in [0.4, 0.5) is 22.0 Å². The standard InChI is InChI=1S/C5H2F5/c1-2-3-4(6,7)5(8,9)10/h1H2. The minimum atomic E-state index is -5.60. The molecule has 0 nitrogen and oxygen atoms in total. The molecular formula is C5H2F5. The smallest absolute Gasteiger partial charge is 0.181 e. The number of hydrogen-bond acceptors (Lipinski definition) is 0. The van der Waals surface area contributed by atoms with Crippen LogP contribution in [-0.2, 0) is 0 Å². The number of hydrogen-bond donors (Lipinski definition) is 0. The SMILES string of the molecule is [CH2]C#CC(F)(F)C(F)(F)F. The number of halogens is 5. The molecule has 0 bridgehead atoms. The van der Waals surface area contributed by atoms with Crippen molar-refractivity contribution in [3.8, 4) is 11.8 Å². The first-order valence-electron chi connectivity index (χ1n) is 2.05. The predicted octanol–water partition coefficient (Wildman–Crippen LogP) is 2.02. The molecule has 0 rings (SSSR count). The van der Waals surface area contributed by atoms with E-state index < -0.39 is 12.1 Å². The monoisotopic (exact) mass is 157 g/mol. The molecule has 57 valence electrons. The Kier molecular flexibility index (Phi) is 2.25. The van der Waals surface area contributed by atoms with Crippen LogP contribution in [-0.4, -0.2) is 12.1 Å². The van der Waals surface area contributed by atoms with Gasteiger partial charge in [-0.2, -0.15) is 22.0 Å². The lowest BCUT2D eigenvalue weighted by Crippen LogP contribution is -2.34. The van der Waals surface area contributed by atoms with Crippen LogP contribution < -0.4 is 0 Å². The van der Waals surface area contributed by atoms with Gasteiger partial charge < -0.3 is 0 Å². The molecule has 0 aromatic rings. The van der Waals surface area contributed by atoms with Crippen molar-refractivity contribution in [1.29, 1.82) is 0 Å². The topological polar surface area (TPSA) is 0 Å². The lowest BCUT2D eigenvalue weighted by molar-refractivity contribution is -0.254. The van der Waals surface area contributed by atoms with Crippen LogP contribution in [0.25, 0.3) is 0 Å². The summed E-state index contributed by atoms with van der Waals surface area (Å²) >= 11 is 0. The highest BCUT2D eigenvalue weighted by atomic mass is 19.4. The summed E-state index contributed by atoms with van der Waals surface area (Å²) in [7, 11) is 0. The van der Waals surface area contributed by atoms with E-state index in [1.54, 1.807) is 0 Å². The Morgan fingerprint density at radius 1 is 1.00 bits per heavy atom. The molecule has 0 amide bonds. The van der Waals surface area contributed by atoms with Gasteiger partial charge in [0.25, 0.3) is 0 Å². The second-order valence-corrected chi connectivity index (χ2v) is 1.37. The molecule has 0 saturated carbocycles. The van der Waals surface area contributed by atoms with Gasteiger partial charge in [0.2, 0.25) is 0 Å². The van der Waals surface area contributed by atoms with Gasteiger partial charge in [-0.15, -0.1) is 0 Å². The first kappa shape index (κ1) is 9.21. The first-order valence-corrected chi connectivity index (χ1v) is 2.05. The van der Waals surface area contributed by atoms with E-state index in [9.17, 15) is 22.0 Å². The van der Waals surface area contributed by atoms with Crippen LogP contribution in [0.5, 0.6) is 0 Å². The summed E-state index contributed by atoms with van der Waals surface area (Å²) in [5.41, 5.74) is 0. The van der Waals surface area contributed by atoms with E-state index in [0.717, 1.165) is 0 Å². The molecule has 0 aliphatic rings. The third kappa shape index (κ3) is 1.87. The fourth-order valence-electron chi connectivity index (χ4n) is 0.182. The van der Waals surface area contributed by atoms with Crippen molar-refractivity contribution in [2.75, 3.05) is 0 Å². The van der Waals surface area contributed by atoms with E-state index in [1.807, 2.05) is 0 Å². The second-order valence-electron chi connectivity index (χ2n) is 1.37. The molecular weight excluding hydrogens is 155 g/mol. The molecule has 0 saturated heterocycles. The predicted molar refractivity (Wildman–Crippen MR) is 24.1 cm³/mol. The molecule has 0 spiro atoms. The molecule has 0 atom stereocenters. The zero-order chi connectivity index (χ0) is 8.41. The molecule has 0 heterocycles. The third-order valence-corrected chi connectivity index (χ3v) is 0.601. The van der Waals surface area contributed by atoms with Gasteiger partial charge in [0.15, 0.2) is 0 Å². The highest BCUT2D eigenvalue weighted by Gasteiger charge is 2.56. The van der Waals surface area contributed by atoms with Crippen LogP contribution in [0.15, 0.2) is 0 Å². The third-order valence-electron chi connectivity index (χ3n) is 0.601. The van der Waals surface area contributed by atoms with Crippen molar-refractivity contribution in [1.82, 2.24) is 0 Å². The number of alkyl halides is 5. The van der Waals surface area contributed by atoms with Crippen molar-refractivity contribution >= 4 is 0 Å². The van der Waals surface area contributed by atoms with Crippen LogP contribution >= 0.6 is 0 Å². The molecule has 5 heteroatoms. The molecule has 0 aliphatic heterocycles. The maximum atomic E-state index is 11.6. The largest absolute Gasteiger partial charge is 0.466 e. The van der Waals surface area contributed by atoms with Gasteiger partial charge in [-0.3, -0.25) is 0 Å². The summed E-state index contributed by atoms with van der Waals surface area (Å²) in [4.78, 5) is 0. The minimum absolute atomic E-state index is 0.642. The van der Waals surface area contributed by atoms with E-state index in [4.69, 9.17) is 0 Å². The molecule has 0 aromatic carbocycles. The molecule has 0 aromatic heterocycles. The Morgan fingerprint density at radius 2 is 1.40 bits per heavy atom. The van der Waals surface area contributed by atoms with Crippen LogP contribution in [0, 0.1) is 18.8 Å². The highest BCUT2D eigenvalue weighted by Crippen LogP contribution is 2.34. The van der Waals surface area contributed by atoms with Gasteiger partial charge in [-0.1, -0.05) is 5.92 Å². The normalized spacial score (nSPS) is 12.2. The fourth-order valence-corrected chi connectivity index (χ4v) is 0.182. The van der Waals surface area contributed by atoms with E-state index in [2.05, 4.69) is 6.92 Å². The molecule has 1 radical (unpaired) electrons. The molecule has 0 fully saturated rings. The Morgan fingerprint density at radius 3 is 1.50 bits per heavy atom. The summed E-state index contributed by atoms with van der Waals surface area (Å²) in [5, 5.41) is 0. The van der Waals surface area contributed by atoms with Crippen LogP contribution in [0.3, 0.4) is 0 Å². The average molecular weight is 157 g/mol. The van der Waals surface area contributed by atoms with E-state index in [1.165, 1.54) is 5.92 Å². The van der Waals surface area contributed by atoms with Crippen molar-refractivity contribution in [3.63, 3.8) is 0 Å². The minimum Gasteiger partial charge on any atom is -0.181 e.